The fraction of sp³-hybridized carbons (Fsp3) is 0.286. The predicted octanol–water partition coefficient (Wildman–Crippen LogP) is 2.74. The van der Waals surface area contributed by atoms with E-state index in [1.165, 1.54) is 0 Å². The van der Waals surface area contributed by atoms with Gasteiger partial charge in [0.15, 0.2) is 0 Å². The Balaban J connectivity index is 1.79. The van der Waals surface area contributed by atoms with Gasteiger partial charge in [0.2, 0.25) is 0 Å². The molecule has 0 aliphatic carbocycles. The van der Waals surface area contributed by atoms with Gasteiger partial charge in [0, 0.05) is 18.4 Å². The topological polar surface area (TPSA) is 69.6 Å². The van der Waals surface area contributed by atoms with Crippen LogP contribution in [0, 0.1) is 0 Å². The molecule has 2 N–H and O–H groups in total. The Bertz CT molecular complexity index is 600. The molecule has 1 aromatic carbocycles. The average Bonchev–Trinajstić information content (AvgIpc) is 2.86. The smallest absolute Gasteiger partial charge is 0.264 e. The molecule has 5 nitrogen and oxygen atoms in total. The molecule has 1 aliphatic heterocycles. The number of anilines is 1. The molecule has 114 valence electrons. The van der Waals surface area contributed by atoms with Crippen molar-refractivity contribution in [3.05, 3.63) is 54.2 Å². The van der Waals surface area contributed by atoms with Crippen LogP contribution in [0.5, 0.6) is 0 Å². The number of para-hydroxylation sites is 1. The lowest BCUT2D eigenvalue weighted by Gasteiger charge is -2.21. The molecule has 1 aromatic rings. The maximum absolute atomic E-state index is 10.7. The summed E-state index contributed by atoms with van der Waals surface area (Å²) < 4.78 is 30.1. The van der Waals surface area contributed by atoms with Gasteiger partial charge in [-0.25, -0.2) is 0 Å². The first-order valence-corrected chi connectivity index (χ1v) is 9.11. The van der Waals surface area contributed by atoms with E-state index in [1.807, 2.05) is 59.1 Å². The molecule has 7 heteroatoms. The first-order chi connectivity index (χ1) is 10.0. The van der Waals surface area contributed by atoms with Crippen LogP contribution in [-0.2, 0) is 10.1 Å². The van der Waals surface area contributed by atoms with Crippen molar-refractivity contribution in [1.29, 1.82) is 0 Å². The van der Waals surface area contributed by atoms with Crippen molar-refractivity contribution in [3.8, 4) is 0 Å². The molecule has 0 saturated heterocycles. The molecular weight excluding hydrogens is 308 g/mol. The van der Waals surface area contributed by atoms with Crippen LogP contribution in [0.25, 0.3) is 0 Å². The summed E-state index contributed by atoms with van der Waals surface area (Å²) in [5.74, 6) is -0.208. The summed E-state index contributed by atoms with van der Waals surface area (Å²) in [6, 6.07) is 9.85. The van der Waals surface area contributed by atoms with Gasteiger partial charge in [0.25, 0.3) is 10.1 Å². The van der Waals surface area contributed by atoms with Crippen molar-refractivity contribution in [1.82, 2.24) is 4.90 Å². The van der Waals surface area contributed by atoms with Crippen LogP contribution in [0.1, 0.15) is 6.42 Å². The second-order valence-electron chi connectivity index (χ2n) is 4.56. The zero-order chi connectivity index (χ0) is 15.1. The maximum Gasteiger partial charge on any atom is 0.264 e. The third-order valence-corrected chi connectivity index (χ3v) is 4.69. The first kappa shape index (κ1) is 15.9. The second kappa shape index (κ2) is 7.53. The number of nitrogens with one attached hydrogen (secondary N) is 1. The molecule has 0 aromatic heterocycles. The van der Waals surface area contributed by atoms with E-state index >= 15 is 0 Å². The van der Waals surface area contributed by atoms with E-state index < -0.39 is 10.1 Å². The molecule has 0 bridgehead atoms. The van der Waals surface area contributed by atoms with Gasteiger partial charge in [-0.3, -0.25) is 4.55 Å². The quantitative estimate of drug-likeness (QED) is 0.751. The van der Waals surface area contributed by atoms with Crippen LogP contribution in [0.2, 0.25) is 0 Å². The Hall–Kier alpha value is -1.44. The van der Waals surface area contributed by atoms with E-state index in [4.69, 9.17) is 4.55 Å². The van der Waals surface area contributed by atoms with E-state index in [0.717, 1.165) is 5.69 Å². The molecule has 1 atom stereocenters. The Morgan fingerprint density at radius 3 is 2.81 bits per heavy atom. The van der Waals surface area contributed by atoms with Crippen molar-refractivity contribution in [2.45, 2.75) is 11.8 Å². The molecule has 1 unspecified atom stereocenters. The molecule has 21 heavy (non-hydrogen) atoms. The van der Waals surface area contributed by atoms with Gasteiger partial charge in [-0.2, -0.15) is 8.42 Å². The fourth-order valence-electron chi connectivity index (χ4n) is 1.91. The maximum atomic E-state index is 10.7. The molecule has 0 amide bonds. The van der Waals surface area contributed by atoms with Crippen molar-refractivity contribution in [2.75, 3.05) is 17.6 Å². The minimum atomic E-state index is -3.87. The lowest BCUT2D eigenvalue weighted by Crippen LogP contribution is -2.25. The number of hydrogen-bond donors (Lipinski definition) is 2. The highest BCUT2D eigenvalue weighted by Gasteiger charge is 2.17. The number of hydrogen-bond acceptors (Lipinski definition) is 5. The lowest BCUT2D eigenvalue weighted by atomic mass is 10.3. The van der Waals surface area contributed by atoms with Gasteiger partial charge in [-0.05, 0) is 36.2 Å². The Labute approximate surface area is 129 Å². The van der Waals surface area contributed by atoms with E-state index in [0.29, 0.717) is 13.0 Å². The van der Waals surface area contributed by atoms with Gasteiger partial charge in [-0.15, -0.1) is 11.8 Å². The van der Waals surface area contributed by atoms with Crippen LogP contribution in [-0.4, -0.2) is 35.5 Å². The zero-order valence-corrected chi connectivity index (χ0v) is 13.1. The lowest BCUT2D eigenvalue weighted by molar-refractivity contribution is 0.394. The average molecular weight is 326 g/mol. The van der Waals surface area contributed by atoms with E-state index in [2.05, 4.69) is 5.32 Å². The summed E-state index contributed by atoms with van der Waals surface area (Å²) in [5, 5.41) is 5.31. The van der Waals surface area contributed by atoms with E-state index in [-0.39, 0.29) is 11.1 Å². The Kier molecular flexibility index (Phi) is 5.72. The number of thioether (sulfide) groups is 1. The third kappa shape index (κ3) is 5.82. The largest absolute Gasteiger partial charge is 0.362 e. The van der Waals surface area contributed by atoms with E-state index in [9.17, 15) is 8.42 Å². The van der Waals surface area contributed by atoms with Crippen molar-refractivity contribution in [3.63, 3.8) is 0 Å². The minimum absolute atomic E-state index is 0.141. The van der Waals surface area contributed by atoms with Gasteiger partial charge in [0.1, 0.15) is 0 Å². The van der Waals surface area contributed by atoms with Gasteiger partial charge < -0.3 is 10.2 Å². The summed E-state index contributed by atoms with van der Waals surface area (Å²) in [5.41, 5.74) is 1.02. The molecule has 0 fully saturated rings. The van der Waals surface area contributed by atoms with Crippen molar-refractivity contribution in [2.24, 2.45) is 0 Å². The number of benzene rings is 1. The summed E-state index contributed by atoms with van der Waals surface area (Å²) in [4.78, 5) is 2.04. The Morgan fingerprint density at radius 2 is 2.10 bits per heavy atom. The van der Waals surface area contributed by atoms with Crippen LogP contribution in [0.15, 0.2) is 54.2 Å². The summed E-state index contributed by atoms with van der Waals surface area (Å²) >= 11 is 1.65. The van der Waals surface area contributed by atoms with Crippen LogP contribution in [0.3, 0.4) is 0 Å². The highest BCUT2D eigenvalue weighted by atomic mass is 32.2. The highest BCUT2D eigenvalue weighted by Crippen LogP contribution is 2.26. The SMILES string of the molecule is O=S(=O)(O)CCCN1C=CSC1C=CNc1ccccc1. The normalized spacial score (nSPS) is 18.5. The fourth-order valence-corrected chi connectivity index (χ4v) is 3.29. The predicted molar refractivity (Wildman–Crippen MR) is 87.5 cm³/mol. The highest BCUT2D eigenvalue weighted by molar-refractivity contribution is 8.03. The van der Waals surface area contributed by atoms with Gasteiger partial charge >= 0.3 is 0 Å². The van der Waals surface area contributed by atoms with Crippen molar-refractivity contribution >= 4 is 27.6 Å². The Morgan fingerprint density at radius 1 is 1.33 bits per heavy atom. The molecular formula is C14H18N2O3S2. The molecule has 2 rings (SSSR count). The van der Waals surface area contributed by atoms with Crippen LogP contribution >= 0.6 is 11.8 Å². The van der Waals surface area contributed by atoms with E-state index in [1.54, 1.807) is 11.8 Å². The summed E-state index contributed by atoms with van der Waals surface area (Å²) in [6.45, 7) is 0.587. The van der Waals surface area contributed by atoms with Crippen LogP contribution in [0.4, 0.5) is 5.69 Å². The third-order valence-electron chi connectivity index (χ3n) is 2.90. The van der Waals surface area contributed by atoms with Gasteiger partial charge in [-0.1, -0.05) is 18.2 Å². The standard InChI is InChI=1S/C14H18N2O3S2/c17-21(18,19)12-4-9-16-10-11-20-14(16)7-8-15-13-5-2-1-3-6-13/h1-3,5-8,10-11,14-15H,4,9,12H2,(H,17,18,19). The van der Waals surface area contributed by atoms with Crippen molar-refractivity contribution < 1.29 is 13.0 Å². The number of rotatable bonds is 7. The van der Waals surface area contributed by atoms with Crippen LogP contribution < -0.4 is 5.32 Å². The number of nitrogens with zero attached hydrogens (tertiary/aromatic N) is 1. The molecule has 0 radical (unpaired) electrons. The summed E-state index contributed by atoms with van der Waals surface area (Å²) in [6.07, 6.45) is 6.24. The van der Waals surface area contributed by atoms with Gasteiger partial charge in [0.05, 0.1) is 11.1 Å². The molecule has 0 spiro atoms. The molecule has 0 saturated carbocycles. The zero-order valence-electron chi connectivity index (χ0n) is 11.4. The second-order valence-corrected chi connectivity index (χ2v) is 7.16. The minimum Gasteiger partial charge on any atom is -0.362 e. The first-order valence-electron chi connectivity index (χ1n) is 6.56. The molecule has 1 aliphatic rings. The monoisotopic (exact) mass is 326 g/mol. The summed E-state index contributed by atoms with van der Waals surface area (Å²) in [7, 11) is -3.87. The molecule has 1 heterocycles.